The number of carbonyl (C=O) groups is 2. The van der Waals surface area contributed by atoms with Crippen molar-refractivity contribution in [1.82, 2.24) is 9.97 Å². The van der Waals surface area contributed by atoms with Gasteiger partial charge in [-0.15, -0.1) is 11.3 Å². The monoisotopic (exact) mass is 698 g/mol. The van der Waals surface area contributed by atoms with Crippen LogP contribution in [0.1, 0.15) is 25.7 Å². The predicted octanol–water partition coefficient (Wildman–Crippen LogP) is 3.49. The molecule has 6 rings (SSSR count). The molecule has 0 radical (unpaired) electrons. The van der Waals surface area contributed by atoms with Gasteiger partial charge in [-0.2, -0.15) is 11.3 Å². The second kappa shape index (κ2) is 16.7. The Morgan fingerprint density at radius 2 is 1.32 bits per heavy atom. The number of thiophene rings is 2. The molecule has 2 saturated heterocycles. The molecule has 0 bridgehead atoms. The summed E-state index contributed by atoms with van der Waals surface area (Å²) in [5, 5.41) is 20.8. The van der Waals surface area contributed by atoms with E-state index in [1.807, 2.05) is 18.5 Å². The van der Waals surface area contributed by atoms with Crippen molar-refractivity contribution in [2.75, 3.05) is 36.0 Å². The molecule has 2 fully saturated rings. The van der Waals surface area contributed by atoms with Gasteiger partial charge in [0.1, 0.15) is 0 Å². The van der Waals surface area contributed by atoms with Crippen molar-refractivity contribution in [2.45, 2.75) is 25.7 Å². The molecule has 14 heteroatoms. The molecular formula is C30H36BBrN6O4S2. The highest BCUT2D eigenvalue weighted by atomic mass is 79.9. The molecule has 4 aromatic heterocycles. The van der Waals surface area contributed by atoms with Crippen molar-refractivity contribution >= 4 is 73.7 Å². The van der Waals surface area contributed by atoms with Crippen molar-refractivity contribution in [3.63, 3.8) is 0 Å². The smallest absolute Gasteiger partial charge is 0.423 e. The van der Waals surface area contributed by atoms with Gasteiger partial charge in [0.05, 0.1) is 10.2 Å². The van der Waals surface area contributed by atoms with Gasteiger partial charge in [-0.25, -0.2) is 0 Å². The minimum Gasteiger partial charge on any atom is -0.423 e. The topological polar surface area (TPSA) is 159 Å². The van der Waals surface area contributed by atoms with Crippen LogP contribution in [0.25, 0.3) is 10.4 Å². The van der Waals surface area contributed by atoms with Crippen LogP contribution < -0.4 is 26.0 Å². The van der Waals surface area contributed by atoms with E-state index in [2.05, 4.69) is 59.3 Å². The average Bonchev–Trinajstić information content (AvgIpc) is 3.78. The van der Waals surface area contributed by atoms with E-state index in [9.17, 15) is 9.59 Å². The number of anilines is 2. The third-order valence-corrected chi connectivity index (χ3v) is 10.0. The molecule has 10 nitrogen and oxygen atoms in total. The van der Waals surface area contributed by atoms with Gasteiger partial charge in [0.2, 0.25) is 11.8 Å². The SMILES string of the molecule is NC(=O)C1CCN(c2ccncc2-c2cccs2)CC1.NC(=O)C1CCN(c2ccncc2Br)CC1.OB(O)c1cccs1. The van der Waals surface area contributed by atoms with E-state index in [4.69, 9.17) is 21.5 Å². The van der Waals surface area contributed by atoms with Gasteiger partial charge in [0.15, 0.2) is 0 Å². The maximum atomic E-state index is 11.2. The first-order valence-electron chi connectivity index (χ1n) is 14.3. The van der Waals surface area contributed by atoms with Crippen LogP contribution in [0.5, 0.6) is 0 Å². The Morgan fingerprint density at radius 1 is 0.795 bits per heavy atom. The lowest BCUT2D eigenvalue weighted by Gasteiger charge is -2.33. The maximum Gasteiger partial charge on any atom is 0.499 e. The van der Waals surface area contributed by atoms with Gasteiger partial charge >= 0.3 is 7.12 Å². The van der Waals surface area contributed by atoms with Crippen molar-refractivity contribution in [1.29, 1.82) is 0 Å². The molecule has 6 N–H and O–H groups in total. The Labute approximate surface area is 274 Å². The van der Waals surface area contributed by atoms with E-state index >= 15 is 0 Å². The second-order valence-electron chi connectivity index (χ2n) is 10.4. The predicted molar refractivity (Wildman–Crippen MR) is 182 cm³/mol. The van der Waals surface area contributed by atoms with Gasteiger partial charge in [0.25, 0.3) is 0 Å². The first kappa shape index (κ1) is 33.6. The molecule has 0 atom stereocenters. The number of aromatic nitrogens is 2. The third-order valence-electron chi connectivity index (χ3n) is 7.61. The van der Waals surface area contributed by atoms with E-state index in [1.165, 1.54) is 27.5 Å². The zero-order chi connectivity index (χ0) is 31.5. The van der Waals surface area contributed by atoms with E-state index < -0.39 is 7.12 Å². The minimum atomic E-state index is -1.30. The molecule has 0 aliphatic carbocycles. The lowest BCUT2D eigenvalue weighted by Crippen LogP contribution is -2.38. The number of amides is 2. The highest BCUT2D eigenvalue weighted by molar-refractivity contribution is 9.10. The fourth-order valence-corrected chi connectivity index (χ4v) is 7.00. The Balaban J connectivity index is 0.000000164. The number of piperidine rings is 2. The van der Waals surface area contributed by atoms with Crippen LogP contribution >= 0.6 is 38.6 Å². The number of pyridine rings is 2. The molecule has 0 spiro atoms. The molecule has 2 aliphatic rings. The van der Waals surface area contributed by atoms with Gasteiger partial charge in [-0.1, -0.05) is 18.2 Å². The number of primary amides is 2. The molecule has 0 saturated carbocycles. The van der Waals surface area contributed by atoms with Crippen LogP contribution in [0.4, 0.5) is 11.4 Å². The lowest BCUT2D eigenvalue weighted by atomic mass is 9.90. The summed E-state index contributed by atoms with van der Waals surface area (Å²) in [5.74, 6) is -0.276. The molecule has 232 valence electrons. The zero-order valence-electron chi connectivity index (χ0n) is 24.2. The number of carbonyl (C=O) groups excluding carboxylic acids is 2. The number of rotatable bonds is 6. The van der Waals surface area contributed by atoms with Crippen LogP contribution in [0.2, 0.25) is 0 Å². The summed E-state index contributed by atoms with van der Waals surface area (Å²) in [6.45, 7) is 3.48. The van der Waals surface area contributed by atoms with Crippen LogP contribution in [-0.2, 0) is 9.59 Å². The molecule has 4 aromatic rings. The maximum absolute atomic E-state index is 11.2. The van der Waals surface area contributed by atoms with Crippen LogP contribution in [0.15, 0.2) is 76.4 Å². The van der Waals surface area contributed by atoms with Crippen LogP contribution in [-0.4, -0.2) is 65.1 Å². The summed E-state index contributed by atoms with van der Waals surface area (Å²) >= 11 is 6.53. The van der Waals surface area contributed by atoms with Crippen molar-refractivity contribution < 1.29 is 19.6 Å². The van der Waals surface area contributed by atoms with Gasteiger partial charge in [0, 0.05) is 83.7 Å². The van der Waals surface area contributed by atoms with Crippen LogP contribution in [0.3, 0.4) is 0 Å². The van der Waals surface area contributed by atoms with E-state index in [0.717, 1.165) is 62.0 Å². The first-order valence-corrected chi connectivity index (χ1v) is 16.8. The molecule has 2 amide bonds. The highest BCUT2D eigenvalue weighted by Gasteiger charge is 2.25. The van der Waals surface area contributed by atoms with Crippen molar-refractivity contribution in [3.8, 4) is 10.4 Å². The Bertz CT molecular complexity index is 1460. The van der Waals surface area contributed by atoms with Gasteiger partial charge < -0.3 is 31.3 Å². The minimum absolute atomic E-state index is 0.0262. The Kier molecular flexibility index (Phi) is 12.7. The average molecular weight is 700 g/mol. The normalized spacial score (nSPS) is 15.4. The second-order valence-corrected chi connectivity index (χ2v) is 13.2. The summed E-state index contributed by atoms with van der Waals surface area (Å²) in [6.07, 6.45) is 10.7. The molecule has 2 aliphatic heterocycles. The number of nitrogens with two attached hydrogens (primary N) is 2. The first-order chi connectivity index (χ1) is 21.2. The summed E-state index contributed by atoms with van der Waals surface area (Å²) in [4.78, 5) is 36.4. The molecule has 6 heterocycles. The number of halogens is 1. The van der Waals surface area contributed by atoms with Crippen molar-refractivity contribution in [2.24, 2.45) is 23.3 Å². The molecule has 44 heavy (non-hydrogen) atoms. The molecule has 0 unspecified atom stereocenters. The van der Waals surface area contributed by atoms with Crippen LogP contribution in [0, 0.1) is 11.8 Å². The van der Waals surface area contributed by atoms with Gasteiger partial charge in [-0.05, 0) is 70.6 Å². The summed E-state index contributed by atoms with van der Waals surface area (Å²) in [5.41, 5.74) is 14.2. The Morgan fingerprint density at radius 3 is 1.77 bits per heavy atom. The molecular weight excluding hydrogens is 663 g/mol. The third kappa shape index (κ3) is 9.35. The fraction of sp³-hybridized carbons (Fsp3) is 0.333. The summed E-state index contributed by atoms with van der Waals surface area (Å²) in [6, 6.07) is 11.7. The summed E-state index contributed by atoms with van der Waals surface area (Å²) in [7, 11) is -1.30. The largest absolute Gasteiger partial charge is 0.499 e. The summed E-state index contributed by atoms with van der Waals surface area (Å²) < 4.78 is 1.58. The number of nitrogens with zero attached hydrogens (tertiary/aromatic N) is 4. The lowest BCUT2D eigenvalue weighted by molar-refractivity contribution is -0.123. The highest BCUT2D eigenvalue weighted by Crippen LogP contribution is 2.35. The van der Waals surface area contributed by atoms with E-state index in [1.54, 1.807) is 41.2 Å². The molecule has 0 aromatic carbocycles. The number of hydrogen-bond donors (Lipinski definition) is 4. The fourth-order valence-electron chi connectivity index (χ4n) is 5.16. The van der Waals surface area contributed by atoms with Gasteiger partial charge in [-0.3, -0.25) is 19.6 Å². The Hall–Kier alpha value is -3.30. The van der Waals surface area contributed by atoms with Crippen molar-refractivity contribution in [3.05, 3.63) is 76.4 Å². The standard InChI is InChI=1S/C15H17N3OS.C11H14BrN3O.C4H5BO2S/c16-15(19)11-4-7-18(8-5-11)13-3-6-17-10-12(13)14-2-1-9-20-14;12-9-7-14-4-1-10(9)15-5-2-8(3-6-15)11(13)16;6-5(7)4-2-1-3-8-4/h1-3,6,9-11H,4-5,7-8H2,(H2,16,19);1,4,7-8H,2-3,5-6H2,(H2,13,16);1-3,6-7H. The van der Waals surface area contributed by atoms with E-state index in [-0.39, 0.29) is 23.7 Å². The zero-order valence-corrected chi connectivity index (χ0v) is 27.4. The number of hydrogen-bond acceptors (Lipinski definition) is 10. The quantitative estimate of drug-likeness (QED) is 0.223. The van der Waals surface area contributed by atoms with E-state index in [0.29, 0.717) is 4.78 Å².